The molecule has 1 rings (SSSR count). The monoisotopic (exact) mass is 249 g/mol. The molecule has 0 saturated heterocycles. The maximum absolute atomic E-state index is 11.3. The molecule has 15 heavy (non-hydrogen) atoms. The van der Waals surface area contributed by atoms with E-state index in [1.54, 1.807) is 11.8 Å². The van der Waals surface area contributed by atoms with Crippen molar-refractivity contribution < 1.29 is 4.79 Å². The maximum Gasteiger partial charge on any atom is 0.229 e. The van der Waals surface area contributed by atoms with E-state index in [0.717, 1.165) is 12.4 Å². The average molecular weight is 250 g/mol. The van der Waals surface area contributed by atoms with Gasteiger partial charge in [0, 0.05) is 12.4 Å². The number of carbonyl (C=O) groups is 1. The Hall–Kier alpha value is 0.110. The van der Waals surface area contributed by atoms with E-state index in [1.807, 2.05) is 6.26 Å². The Morgan fingerprint density at radius 3 is 2.67 bits per heavy atom. The largest absolute Gasteiger partial charge is 0.355 e. The van der Waals surface area contributed by atoms with Crippen molar-refractivity contribution in [3.63, 3.8) is 0 Å². The van der Waals surface area contributed by atoms with Crippen LogP contribution in [0.5, 0.6) is 0 Å². The molecule has 0 aromatic carbocycles. The lowest BCUT2D eigenvalue weighted by Gasteiger charge is -2.30. The topological polar surface area (TPSA) is 29.1 Å². The molecule has 2 unspecified atom stereocenters. The van der Waals surface area contributed by atoms with E-state index in [2.05, 4.69) is 5.32 Å². The van der Waals surface area contributed by atoms with Crippen molar-refractivity contribution >= 4 is 29.3 Å². The van der Waals surface area contributed by atoms with Crippen LogP contribution < -0.4 is 5.32 Å². The van der Waals surface area contributed by atoms with Gasteiger partial charge in [0.1, 0.15) is 0 Å². The van der Waals surface area contributed by atoms with E-state index in [-0.39, 0.29) is 5.91 Å². The van der Waals surface area contributed by atoms with Gasteiger partial charge in [-0.25, -0.2) is 0 Å². The Morgan fingerprint density at radius 2 is 2.07 bits per heavy atom. The molecule has 0 spiro atoms. The minimum atomic E-state index is 0.154. The van der Waals surface area contributed by atoms with Crippen LogP contribution in [0, 0.1) is 11.8 Å². The van der Waals surface area contributed by atoms with Gasteiger partial charge in [-0.2, -0.15) is 11.8 Å². The zero-order chi connectivity index (χ0) is 11.1. The smallest absolute Gasteiger partial charge is 0.229 e. The van der Waals surface area contributed by atoms with Crippen molar-refractivity contribution in [3.05, 3.63) is 0 Å². The van der Waals surface area contributed by atoms with Gasteiger partial charge in [0.2, 0.25) is 5.91 Å². The Morgan fingerprint density at radius 1 is 1.40 bits per heavy atom. The molecule has 0 aromatic rings. The summed E-state index contributed by atoms with van der Waals surface area (Å²) in [5.41, 5.74) is 0. The Kier molecular flexibility index (Phi) is 6.50. The SMILES string of the molecule is CSCC(=O)NCC1CCCCC1CCl. The third-order valence-electron chi connectivity index (χ3n) is 3.10. The number of amides is 1. The third-order valence-corrected chi connectivity index (χ3v) is 4.05. The Bertz CT molecular complexity index is 201. The van der Waals surface area contributed by atoms with Gasteiger partial charge >= 0.3 is 0 Å². The second kappa shape index (κ2) is 7.39. The number of hydrogen-bond acceptors (Lipinski definition) is 2. The molecule has 0 aromatic heterocycles. The number of thioether (sulfide) groups is 1. The van der Waals surface area contributed by atoms with Crippen LogP contribution >= 0.6 is 23.4 Å². The van der Waals surface area contributed by atoms with Crippen LogP contribution in [-0.4, -0.2) is 30.3 Å². The molecular formula is C11H20ClNOS. The van der Waals surface area contributed by atoms with E-state index >= 15 is 0 Å². The summed E-state index contributed by atoms with van der Waals surface area (Å²) in [5, 5.41) is 3.00. The van der Waals surface area contributed by atoms with Crippen molar-refractivity contribution in [2.24, 2.45) is 11.8 Å². The first-order chi connectivity index (χ1) is 7.27. The molecule has 1 aliphatic rings. The van der Waals surface area contributed by atoms with Gasteiger partial charge in [0.15, 0.2) is 0 Å². The van der Waals surface area contributed by atoms with Crippen molar-refractivity contribution in [3.8, 4) is 0 Å². The number of carbonyl (C=O) groups excluding carboxylic acids is 1. The van der Waals surface area contributed by atoms with Crippen molar-refractivity contribution in [1.82, 2.24) is 5.32 Å². The van der Waals surface area contributed by atoms with Crippen molar-refractivity contribution in [2.75, 3.05) is 24.4 Å². The number of halogens is 1. The van der Waals surface area contributed by atoms with Gasteiger partial charge in [0.25, 0.3) is 0 Å². The summed E-state index contributed by atoms with van der Waals surface area (Å²) in [6.45, 7) is 0.816. The summed E-state index contributed by atoms with van der Waals surface area (Å²) in [4.78, 5) is 11.3. The highest BCUT2D eigenvalue weighted by Crippen LogP contribution is 2.30. The third kappa shape index (κ3) is 4.64. The van der Waals surface area contributed by atoms with Crippen LogP contribution in [0.3, 0.4) is 0 Å². The fourth-order valence-corrected chi connectivity index (χ4v) is 2.95. The molecule has 1 N–H and O–H groups in total. The van der Waals surface area contributed by atoms with E-state index in [4.69, 9.17) is 11.6 Å². The standard InChI is InChI=1S/C11H20ClNOS/c1-15-8-11(14)13-7-10-5-3-2-4-9(10)6-12/h9-10H,2-8H2,1H3,(H,13,14). The van der Waals surface area contributed by atoms with Crippen LogP contribution in [0.1, 0.15) is 25.7 Å². The molecule has 2 nitrogen and oxygen atoms in total. The highest BCUT2D eigenvalue weighted by molar-refractivity contribution is 7.99. The number of nitrogens with one attached hydrogen (secondary N) is 1. The lowest BCUT2D eigenvalue weighted by molar-refractivity contribution is -0.118. The normalized spacial score (nSPS) is 26.3. The minimum Gasteiger partial charge on any atom is -0.355 e. The summed E-state index contributed by atoms with van der Waals surface area (Å²) < 4.78 is 0. The molecule has 0 bridgehead atoms. The van der Waals surface area contributed by atoms with Crippen LogP contribution in [0.4, 0.5) is 0 Å². The lowest BCUT2D eigenvalue weighted by Crippen LogP contribution is -2.35. The Labute approximate surface area is 102 Å². The minimum absolute atomic E-state index is 0.154. The lowest BCUT2D eigenvalue weighted by atomic mass is 9.80. The van der Waals surface area contributed by atoms with E-state index in [0.29, 0.717) is 17.6 Å². The Balaban J connectivity index is 2.26. The van der Waals surface area contributed by atoms with Crippen molar-refractivity contribution in [2.45, 2.75) is 25.7 Å². The summed E-state index contributed by atoms with van der Waals surface area (Å²) in [6, 6.07) is 0. The van der Waals surface area contributed by atoms with E-state index in [1.165, 1.54) is 25.7 Å². The maximum atomic E-state index is 11.3. The number of rotatable bonds is 5. The van der Waals surface area contributed by atoms with E-state index < -0.39 is 0 Å². The zero-order valence-corrected chi connectivity index (χ0v) is 10.9. The first-order valence-corrected chi connectivity index (χ1v) is 7.52. The summed E-state index contributed by atoms with van der Waals surface area (Å²) in [7, 11) is 0. The van der Waals surface area contributed by atoms with Crippen LogP contribution in [-0.2, 0) is 4.79 Å². The molecule has 1 saturated carbocycles. The first kappa shape index (κ1) is 13.2. The fraction of sp³-hybridized carbons (Fsp3) is 0.909. The molecule has 2 atom stereocenters. The molecule has 1 amide bonds. The highest BCUT2D eigenvalue weighted by atomic mass is 35.5. The van der Waals surface area contributed by atoms with Gasteiger partial charge in [0.05, 0.1) is 5.75 Å². The fourth-order valence-electron chi connectivity index (χ4n) is 2.18. The molecule has 1 fully saturated rings. The zero-order valence-electron chi connectivity index (χ0n) is 9.30. The van der Waals surface area contributed by atoms with Crippen molar-refractivity contribution in [1.29, 1.82) is 0 Å². The molecule has 4 heteroatoms. The predicted octanol–water partition coefficient (Wildman–Crippen LogP) is 2.51. The summed E-state index contributed by atoms with van der Waals surface area (Å²) in [6.07, 6.45) is 6.98. The summed E-state index contributed by atoms with van der Waals surface area (Å²) >= 11 is 7.50. The second-order valence-electron chi connectivity index (χ2n) is 4.20. The predicted molar refractivity (Wildman–Crippen MR) is 67.6 cm³/mol. The number of hydrogen-bond donors (Lipinski definition) is 1. The van der Waals surface area contributed by atoms with Crippen LogP contribution in [0.2, 0.25) is 0 Å². The highest BCUT2D eigenvalue weighted by Gasteiger charge is 2.24. The molecule has 0 heterocycles. The van der Waals surface area contributed by atoms with Gasteiger partial charge < -0.3 is 5.32 Å². The molecule has 0 aliphatic heterocycles. The molecule has 0 radical (unpaired) electrons. The van der Waals surface area contributed by atoms with Gasteiger partial charge in [-0.3, -0.25) is 4.79 Å². The summed E-state index contributed by atoms with van der Waals surface area (Å²) in [5.74, 6) is 2.67. The second-order valence-corrected chi connectivity index (χ2v) is 5.37. The van der Waals surface area contributed by atoms with Gasteiger partial charge in [-0.1, -0.05) is 12.8 Å². The van der Waals surface area contributed by atoms with Crippen LogP contribution in [0.15, 0.2) is 0 Å². The van der Waals surface area contributed by atoms with E-state index in [9.17, 15) is 4.79 Å². The first-order valence-electron chi connectivity index (χ1n) is 5.59. The number of alkyl halides is 1. The van der Waals surface area contributed by atoms with Gasteiger partial charge in [-0.15, -0.1) is 11.6 Å². The average Bonchev–Trinajstić information content (AvgIpc) is 2.27. The molecular weight excluding hydrogens is 230 g/mol. The molecule has 1 aliphatic carbocycles. The van der Waals surface area contributed by atoms with Gasteiger partial charge in [-0.05, 0) is 30.9 Å². The van der Waals surface area contributed by atoms with Crippen LogP contribution in [0.25, 0.3) is 0 Å². The quantitative estimate of drug-likeness (QED) is 0.759. The molecule has 88 valence electrons.